The van der Waals surface area contributed by atoms with E-state index in [1.165, 1.54) is 0 Å². The van der Waals surface area contributed by atoms with Crippen LogP contribution >= 0.6 is 0 Å². The van der Waals surface area contributed by atoms with Crippen LogP contribution in [0.5, 0.6) is 5.75 Å². The maximum absolute atomic E-state index is 12.3. The van der Waals surface area contributed by atoms with Crippen LogP contribution in [0.15, 0.2) is 85.2 Å². The molecule has 4 aromatic rings. The Labute approximate surface area is 169 Å². The predicted molar refractivity (Wildman–Crippen MR) is 115 cm³/mol. The lowest BCUT2D eigenvalue weighted by Crippen LogP contribution is -2.13. The highest BCUT2D eigenvalue weighted by Gasteiger charge is 2.05. The van der Waals surface area contributed by atoms with E-state index in [-0.39, 0.29) is 5.91 Å². The Morgan fingerprint density at radius 2 is 1.86 bits per heavy atom. The number of carbonyl (C=O) groups excluding carboxylic acids is 1. The van der Waals surface area contributed by atoms with Gasteiger partial charge in [0.15, 0.2) is 0 Å². The fourth-order valence-corrected chi connectivity index (χ4v) is 3.29. The molecule has 0 saturated carbocycles. The number of carbonyl (C=O) groups is 1. The number of fused-ring (bicyclic) bond motifs is 1. The highest BCUT2D eigenvalue weighted by atomic mass is 16.5. The van der Waals surface area contributed by atoms with Gasteiger partial charge in [-0.05, 0) is 41.6 Å². The molecule has 0 radical (unpaired) electrons. The average molecular weight is 385 g/mol. The van der Waals surface area contributed by atoms with Crippen molar-refractivity contribution in [3.8, 4) is 5.75 Å². The summed E-state index contributed by atoms with van der Waals surface area (Å²) in [5.74, 6) is 0.845. The molecule has 3 aromatic carbocycles. The summed E-state index contributed by atoms with van der Waals surface area (Å²) in [6.07, 6.45) is 4.74. The molecule has 0 aliphatic heterocycles. The largest absolute Gasteiger partial charge is 0.493 e. The minimum atomic E-state index is -0.0113. The Bertz CT molecular complexity index is 1080. The summed E-state index contributed by atoms with van der Waals surface area (Å²) < 4.78 is 7.76. The fourth-order valence-electron chi connectivity index (χ4n) is 3.29. The molecule has 0 bridgehead atoms. The summed E-state index contributed by atoms with van der Waals surface area (Å²) >= 11 is 0. The van der Waals surface area contributed by atoms with E-state index in [1.54, 1.807) is 6.20 Å². The van der Waals surface area contributed by atoms with Crippen molar-refractivity contribution in [2.45, 2.75) is 19.4 Å². The molecule has 1 N–H and O–H groups in total. The first kappa shape index (κ1) is 18.7. The number of anilines is 1. The quantitative estimate of drug-likeness (QED) is 0.440. The smallest absolute Gasteiger partial charge is 0.224 e. The summed E-state index contributed by atoms with van der Waals surface area (Å²) in [7, 11) is 0. The van der Waals surface area contributed by atoms with Gasteiger partial charge in [-0.15, -0.1) is 0 Å². The third kappa shape index (κ3) is 5.02. The average Bonchev–Trinajstić information content (AvgIpc) is 3.24. The number of hydrogen-bond acceptors (Lipinski definition) is 3. The molecule has 0 spiro atoms. The molecule has 146 valence electrons. The van der Waals surface area contributed by atoms with E-state index in [0.717, 1.165) is 27.8 Å². The first-order valence-electron chi connectivity index (χ1n) is 9.75. The molecular weight excluding hydrogens is 362 g/mol. The highest BCUT2D eigenvalue weighted by Crippen LogP contribution is 2.25. The highest BCUT2D eigenvalue weighted by molar-refractivity contribution is 5.90. The summed E-state index contributed by atoms with van der Waals surface area (Å²) in [6, 6.07) is 23.9. The van der Waals surface area contributed by atoms with Gasteiger partial charge in [0.05, 0.1) is 13.2 Å². The van der Waals surface area contributed by atoms with E-state index in [1.807, 2.05) is 71.5 Å². The second-order valence-corrected chi connectivity index (χ2v) is 6.88. The lowest BCUT2D eigenvalue weighted by Gasteiger charge is -2.10. The van der Waals surface area contributed by atoms with Crippen molar-refractivity contribution in [2.24, 2.45) is 0 Å². The van der Waals surface area contributed by atoms with E-state index >= 15 is 0 Å². The van der Waals surface area contributed by atoms with Gasteiger partial charge in [-0.25, -0.2) is 0 Å². The monoisotopic (exact) mass is 385 g/mol. The third-order valence-electron chi connectivity index (χ3n) is 4.67. The van der Waals surface area contributed by atoms with Crippen molar-refractivity contribution < 1.29 is 9.53 Å². The molecule has 29 heavy (non-hydrogen) atoms. The molecule has 1 heterocycles. The number of amides is 1. The van der Waals surface area contributed by atoms with Crippen LogP contribution in [0.2, 0.25) is 0 Å². The van der Waals surface area contributed by atoms with Gasteiger partial charge in [0.1, 0.15) is 5.75 Å². The maximum atomic E-state index is 12.3. The lowest BCUT2D eigenvalue weighted by molar-refractivity contribution is -0.116. The molecule has 0 saturated heterocycles. The number of nitrogens with zero attached hydrogens (tertiary/aromatic N) is 2. The fraction of sp³-hybridized carbons (Fsp3) is 0.167. The van der Waals surface area contributed by atoms with Gasteiger partial charge in [-0.3, -0.25) is 9.48 Å². The topological polar surface area (TPSA) is 56.1 Å². The van der Waals surface area contributed by atoms with Gasteiger partial charge in [-0.2, -0.15) is 5.10 Å². The summed E-state index contributed by atoms with van der Waals surface area (Å²) in [6.45, 7) is 1.18. The Hall–Kier alpha value is -3.60. The molecule has 5 heteroatoms. The van der Waals surface area contributed by atoms with Crippen molar-refractivity contribution >= 4 is 22.4 Å². The number of benzene rings is 3. The van der Waals surface area contributed by atoms with Gasteiger partial charge < -0.3 is 10.1 Å². The van der Waals surface area contributed by atoms with Crippen molar-refractivity contribution in [3.05, 3.63) is 90.8 Å². The van der Waals surface area contributed by atoms with Gasteiger partial charge in [0.2, 0.25) is 5.91 Å². The Morgan fingerprint density at radius 1 is 1.00 bits per heavy atom. The van der Waals surface area contributed by atoms with Crippen LogP contribution in [0, 0.1) is 0 Å². The Morgan fingerprint density at radius 3 is 2.76 bits per heavy atom. The van der Waals surface area contributed by atoms with Crippen LogP contribution in [0.4, 0.5) is 5.69 Å². The molecule has 0 atom stereocenters. The normalized spacial score (nSPS) is 10.8. The number of aromatic nitrogens is 2. The summed E-state index contributed by atoms with van der Waals surface area (Å²) in [5, 5.41) is 9.42. The number of hydrogen-bond donors (Lipinski definition) is 1. The molecule has 4 rings (SSSR count). The lowest BCUT2D eigenvalue weighted by atomic mass is 10.1. The SMILES string of the molecule is O=C(CCCOc1cccc2ccccc12)Nc1cccc(Cn2cccn2)c1. The predicted octanol–water partition coefficient (Wildman–Crippen LogP) is 4.88. The zero-order valence-electron chi connectivity index (χ0n) is 16.1. The first-order valence-corrected chi connectivity index (χ1v) is 9.75. The van der Waals surface area contributed by atoms with Gasteiger partial charge >= 0.3 is 0 Å². The summed E-state index contributed by atoms with van der Waals surface area (Å²) in [4.78, 5) is 12.3. The van der Waals surface area contributed by atoms with Crippen LogP contribution in [-0.2, 0) is 11.3 Å². The molecule has 1 aromatic heterocycles. The maximum Gasteiger partial charge on any atom is 0.224 e. The van der Waals surface area contributed by atoms with Crippen molar-refractivity contribution in [3.63, 3.8) is 0 Å². The molecule has 0 aliphatic rings. The zero-order valence-corrected chi connectivity index (χ0v) is 16.1. The number of rotatable bonds is 8. The van der Waals surface area contributed by atoms with Crippen molar-refractivity contribution in [1.29, 1.82) is 0 Å². The molecule has 0 unspecified atom stereocenters. The second kappa shape index (κ2) is 9.06. The van der Waals surface area contributed by atoms with Gasteiger partial charge in [0, 0.05) is 29.9 Å². The minimum Gasteiger partial charge on any atom is -0.493 e. The van der Waals surface area contributed by atoms with Crippen LogP contribution in [0.3, 0.4) is 0 Å². The van der Waals surface area contributed by atoms with Crippen LogP contribution in [0.25, 0.3) is 10.8 Å². The van der Waals surface area contributed by atoms with E-state index in [2.05, 4.69) is 22.5 Å². The third-order valence-corrected chi connectivity index (χ3v) is 4.67. The molecule has 5 nitrogen and oxygen atoms in total. The van der Waals surface area contributed by atoms with Crippen molar-refractivity contribution in [2.75, 3.05) is 11.9 Å². The van der Waals surface area contributed by atoms with Crippen LogP contribution < -0.4 is 10.1 Å². The number of nitrogens with one attached hydrogen (secondary N) is 1. The van der Waals surface area contributed by atoms with Crippen LogP contribution in [-0.4, -0.2) is 22.3 Å². The van der Waals surface area contributed by atoms with E-state index in [4.69, 9.17) is 4.74 Å². The van der Waals surface area contributed by atoms with Crippen LogP contribution in [0.1, 0.15) is 18.4 Å². The van der Waals surface area contributed by atoms with E-state index < -0.39 is 0 Å². The first-order chi connectivity index (χ1) is 14.3. The Kier molecular flexibility index (Phi) is 5.86. The second-order valence-electron chi connectivity index (χ2n) is 6.88. The molecular formula is C24H23N3O2. The van der Waals surface area contributed by atoms with Gasteiger partial charge in [-0.1, -0.05) is 48.5 Å². The Balaban J connectivity index is 1.26. The van der Waals surface area contributed by atoms with Crippen molar-refractivity contribution in [1.82, 2.24) is 9.78 Å². The standard InChI is InChI=1S/C24H23N3O2/c28-24(26-21-10-3-7-19(17-21)18-27-15-6-14-25-27)13-5-16-29-23-12-4-9-20-8-1-2-11-22(20)23/h1-4,6-12,14-15,17H,5,13,16,18H2,(H,26,28). The molecule has 0 aliphatic carbocycles. The van der Waals surface area contributed by atoms with E-state index in [0.29, 0.717) is 26.0 Å². The number of ether oxygens (including phenoxy) is 1. The van der Waals surface area contributed by atoms with Gasteiger partial charge in [0.25, 0.3) is 0 Å². The summed E-state index contributed by atoms with van der Waals surface area (Å²) in [5.41, 5.74) is 1.89. The van der Waals surface area contributed by atoms with E-state index in [9.17, 15) is 4.79 Å². The molecule has 0 fully saturated rings. The molecule has 1 amide bonds. The minimum absolute atomic E-state index is 0.0113. The zero-order chi connectivity index (χ0) is 19.9.